The molecule has 0 atom stereocenters. The van der Waals surface area contributed by atoms with Crippen molar-refractivity contribution in [3.63, 3.8) is 0 Å². The molecule has 1 aliphatic heterocycles. The zero-order valence-electron chi connectivity index (χ0n) is 17.8. The van der Waals surface area contributed by atoms with Gasteiger partial charge in [0.25, 0.3) is 0 Å². The van der Waals surface area contributed by atoms with E-state index in [-0.39, 0.29) is 12.6 Å². The second kappa shape index (κ2) is 9.39. The van der Waals surface area contributed by atoms with E-state index in [0.717, 1.165) is 43.0 Å². The molecule has 0 fully saturated rings. The fourth-order valence-electron chi connectivity index (χ4n) is 3.84. The zero-order valence-corrected chi connectivity index (χ0v) is 18.5. The Morgan fingerprint density at radius 1 is 1.19 bits per heavy atom. The number of fused-ring (bicyclic) bond motifs is 1. The van der Waals surface area contributed by atoms with Crippen molar-refractivity contribution >= 4 is 29.0 Å². The molecule has 1 aromatic heterocycles. The summed E-state index contributed by atoms with van der Waals surface area (Å²) >= 11 is 6.10. The molecule has 31 heavy (non-hydrogen) atoms. The Hall–Kier alpha value is -3.06. The molecule has 7 nitrogen and oxygen atoms in total. The molecule has 3 aromatic rings. The quantitative estimate of drug-likeness (QED) is 0.592. The van der Waals surface area contributed by atoms with Crippen LogP contribution in [0.1, 0.15) is 36.5 Å². The first kappa shape index (κ1) is 21.2. The van der Waals surface area contributed by atoms with Crippen LogP contribution in [0.25, 0.3) is 0 Å². The van der Waals surface area contributed by atoms with E-state index in [1.807, 2.05) is 25.1 Å². The van der Waals surface area contributed by atoms with E-state index in [2.05, 4.69) is 20.1 Å². The number of hydrogen-bond acceptors (Lipinski definition) is 4. The van der Waals surface area contributed by atoms with Gasteiger partial charge in [-0.05, 0) is 55.7 Å². The SMILES string of the molecule is COc1ccc(C)cc1N(Cc1nnc2n1CCCCC2)C(=O)Nc1cccc(Cl)c1. The van der Waals surface area contributed by atoms with Crippen LogP contribution in [-0.4, -0.2) is 27.9 Å². The predicted molar refractivity (Wildman–Crippen MR) is 122 cm³/mol. The van der Waals surface area contributed by atoms with E-state index >= 15 is 0 Å². The Morgan fingerprint density at radius 3 is 2.87 bits per heavy atom. The second-order valence-corrected chi connectivity index (χ2v) is 8.13. The lowest BCUT2D eigenvalue weighted by Gasteiger charge is -2.25. The third-order valence-corrected chi connectivity index (χ3v) is 5.67. The number of aromatic nitrogens is 3. The molecule has 0 bridgehead atoms. The van der Waals surface area contributed by atoms with Gasteiger partial charge in [-0.2, -0.15) is 0 Å². The number of rotatable bonds is 5. The second-order valence-electron chi connectivity index (χ2n) is 7.70. The maximum absolute atomic E-state index is 13.4. The monoisotopic (exact) mass is 439 g/mol. The Labute approximate surface area is 187 Å². The Bertz CT molecular complexity index is 1080. The molecule has 1 N–H and O–H groups in total. The number of halogens is 1. The summed E-state index contributed by atoms with van der Waals surface area (Å²) in [5.74, 6) is 2.36. The fourth-order valence-corrected chi connectivity index (χ4v) is 4.03. The van der Waals surface area contributed by atoms with Crippen LogP contribution >= 0.6 is 11.6 Å². The summed E-state index contributed by atoms with van der Waals surface area (Å²) in [6.07, 6.45) is 4.28. The minimum Gasteiger partial charge on any atom is -0.495 e. The minimum atomic E-state index is -0.294. The summed E-state index contributed by atoms with van der Waals surface area (Å²) < 4.78 is 7.71. The Balaban J connectivity index is 1.70. The van der Waals surface area contributed by atoms with Gasteiger partial charge in [0.2, 0.25) is 0 Å². The van der Waals surface area contributed by atoms with Crippen LogP contribution in [0.3, 0.4) is 0 Å². The highest BCUT2D eigenvalue weighted by Crippen LogP contribution is 2.31. The largest absolute Gasteiger partial charge is 0.495 e. The van der Waals surface area contributed by atoms with Crippen molar-refractivity contribution in [3.8, 4) is 5.75 Å². The molecular weight excluding hydrogens is 414 g/mol. The molecule has 8 heteroatoms. The predicted octanol–water partition coefficient (Wildman–Crippen LogP) is 5.21. The van der Waals surface area contributed by atoms with Crippen molar-refractivity contribution in [2.45, 2.75) is 45.7 Å². The smallest absolute Gasteiger partial charge is 0.326 e. The first-order valence-electron chi connectivity index (χ1n) is 10.4. The van der Waals surface area contributed by atoms with Crippen LogP contribution in [0.4, 0.5) is 16.2 Å². The van der Waals surface area contributed by atoms with Crippen molar-refractivity contribution in [1.29, 1.82) is 0 Å². The van der Waals surface area contributed by atoms with Crippen LogP contribution in [0.5, 0.6) is 5.75 Å². The molecule has 0 radical (unpaired) electrons. The average molecular weight is 440 g/mol. The maximum atomic E-state index is 13.4. The molecule has 0 saturated carbocycles. The molecule has 0 saturated heterocycles. The molecule has 0 unspecified atom stereocenters. The van der Waals surface area contributed by atoms with Crippen molar-refractivity contribution in [2.24, 2.45) is 0 Å². The summed E-state index contributed by atoms with van der Waals surface area (Å²) in [4.78, 5) is 15.1. The molecule has 1 aliphatic rings. The summed E-state index contributed by atoms with van der Waals surface area (Å²) in [5.41, 5.74) is 2.32. The van der Waals surface area contributed by atoms with E-state index in [1.54, 1.807) is 36.3 Å². The van der Waals surface area contributed by atoms with E-state index < -0.39 is 0 Å². The number of nitrogens with one attached hydrogen (secondary N) is 1. The summed E-state index contributed by atoms with van der Waals surface area (Å²) in [6.45, 7) is 3.13. The normalized spacial score (nSPS) is 13.3. The van der Waals surface area contributed by atoms with Crippen molar-refractivity contribution in [2.75, 3.05) is 17.3 Å². The van der Waals surface area contributed by atoms with Gasteiger partial charge in [-0.1, -0.05) is 30.2 Å². The van der Waals surface area contributed by atoms with E-state index in [0.29, 0.717) is 22.1 Å². The molecule has 0 spiro atoms. The number of ether oxygens (including phenoxy) is 1. The van der Waals surface area contributed by atoms with E-state index in [4.69, 9.17) is 16.3 Å². The van der Waals surface area contributed by atoms with Crippen molar-refractivity contribution < 1.29 is 9.53 Å². The number of hydrogen-bond donors (Lipinski definition) is 1. The Kier molecular flexibility index (Phi) is 6.42. The topological polar surface area (TPSA) is 72.3 Å². The molecule has 2 heterocycles. The van der Waals surface area contributed by atoms with Gasteiger partial charge in [0.05, 0.1) is 19.3 Å². The van der Waals surface area contributed by atoms with Crippen molar-refractivity contribution in [3.05, 3.63) is 64.7 Å². The highest BCUT2D eigenvalue weighted by atomic mass is 35.5. The lowest BCUT2D eigenvalue weighted by Crippen LogP contribution is -2.36. The maximum Gasteiger partial charge on any atom is 0.326 e. The van der Waals surface area contributed by atoms with Crippen molar-refractivity contribution in [1.82, 2.24) is 14.8 Å². The number of anilines is 2. The van der Waals surface area contributed by atoms with Gasteiger partial charge in [0.1, 0.15) is 11.6 Å². The fraction of sp³-hybridized carbons (Fsp3) is 0.348. The number of urea groups is 1. The summed E-state index contributed by atoms with van der Waals surface area (Å²) in [6, 6.07) is 12.6. The summed E-state index contributed by atoms with van der Waals surface area (Å²) in [5, 5.41) is 12.3. The number of benzene rings is 2. The van der Waals surface area contributed by atoms with E-state index in [9.17, 15) is 4.79 Å². The van der Waals surface area contributed by atoms with Gasteiger partial charge in [0.15, 0.2) is 5.82 Å². The first-order valence-corrected chi connectivity index (χ1v) is 10.8. The van der Waals surface area contributed by atoms with Gasteiger partial charge >= 0.3 is 6.03 Å². The zero-order chi connectivity index (χ0) is 21.8. The third-order valence-electron chi connectivity index (χ3n) is 5.43. The van der Waals surface area contributed by atoms with Crippen LogP contribution in [0, 0.1) is 6.92 Å². The molecule has 0 aliphatic carbocycles. The lowest BCUT2D eigenvalue weighted by atomic mass is 10.2. The standard InChI is InChI=1S/C23H26ClN5O2/c1-16-10-11-20(31-2)19(13-16)29(23(30)25-18-8-6-7-17(24)14-18)15-22-27-26-21-9-4-3-5-12-28(21)22/h6-8,10-11,13-14H,3-5,9,12,15H2,1-2H3,(H,25,30). The minimum absolute atomic E-state index is 0.277. The van der Waals surface area contributed by atoms with Crippen LogP contribution in [0.15, 0.2) is 42.5 Å². The third kappa shape index (κ3) is 4.82. The Morgan fingerprint density at radius 2 is 2.06 bits per heavy atom. The molecule has 4 rings (SSSR count). The summed E-state index contributed by atoms with van der Waals surface area (Å²) in [7, 11) is 1.60. The number of nitrogens with zero attached hydrogens (tertiary/aromatic N) is 4. The van der Waals surface area contributed by atoms with Gasteiger partial charge in [-0.15, -0.1) is 10.2 Å². The van der Waals surface area contributed by atoms with Gasteiger partial charge in [-0.3, -0.25) is 4.90 Å². The van der Waals surface area contributed by atoms with Gasteiger partial charge in [0, 0.05) is 23.7 Å². The number of methoxy groups -OCH3 is 1. The number of carbonyl (C=O) groups excluding carboxylic acids is 1. The number of carbonyl (C=O) groups is 1. The highest BCUT2D eigenvalue weighted by molar-refractivity contribution is 6.30. The average Bonchev–Trinajstić information content (AvgIpc) is 2.97. The van der Waals surface area contributed by atoms with Crippen LogP contribution in [-0.2, 0) is 19.5 Å². The molecule has 2 aromatic carbocycles. The molecule has 162 valence electrons. The van der Waals surface area contributed by atoms with E-state index in [1.165, 1.54) is 6.42 Å². The lowest BCUT2D eigenvalue weighted by molar-refractivity contribution is 0.256. The molecular formula is C23H26ClN5O2. The number of aryl methyl sites for hydroxylation is 2. The highest BCUT2D eigenvalue weighted by Gasteiger charge is 2.24. The number of amides is 2. The van der Waals surface area contributed by atoms with Crippen LogP contribution < -0.4 is 15.0 Å². The first-order chi connectivity index (χ1) is 15.0. The van der Waals surface area contributed by atoms with Crippen LogP contribution in [0.2, 0.25) is 5.02 Å². The van der Waals surface area contributed by atoms with Gasteiger partial charge < -0.3 is 14.6 Å². The van der Waals surface area contributed by atoms with Gasteiger partial charge in [-0.25, -0.2) is 4.79 Å². The molecule has 2 amide bonds.